The van der Waals surface area contributed by atoms with E-state index in [0.717, 1.165) is 22.3 Å². The molecule has 1 aliphatic rings. The lowest BCUT2D eigenvalue weighted by atomic mass is 9.97. The minimum Gasteiger partial charge on any atom is -0.496 e. The van der Waals surface area contributed by atoms with E-state index < -0.39 is 0 Å². The van der Waals surface area contributed by atoms with Gasteiger partial charge in [0.05, 0.1) is 10.7 Å². The first-order chi connectivity index (χ1) is 11.1. The van der Waals surface area contributed by atoms with Crippen molar-refractivity contribution in [3.05, 3.63) is 39.0 Å². The molecule has 0 spiro atoms. The number of rotatable bonds is 5. The zero-order valence-corrected chi connectivity index (χ0v) is 16.1. The van der Waals surface area contributed by atoms with Crippen molar-refractivity contribution in [2.45, 2.75) is 32.1 Å². The van der Waals surface area contributed by atoms with Crippen LogP contribution in [-0.4, -0.2) is 24.7 Å². The number of nitrogens with one attached hydrogen (secondary N) is 2. The second-order valence-electron chi connectivity index (χ2n) is 5.42. The lowest BCUT2D eigenvalue weighted by Gasteiger charge is -2.14. The molecule has 124 valence electrons. The monoisotopic (exact) mass is 444 g/mol. The van der Waals surface area contributed by atoms with Crippen molar-refractivity contribution in [1.82, 2.24) is 10.6 Å². The molecule has 23 heavy (non-hydrogen) atoms. The summed E-state index contributed by atoms with van der Waals surface area (Å²) < 4.78 is 6.08. The Kier molecular flexibility index (Phi) is 7.29. The van der Waals surface area contributed by atoms with Crippen molar-refractivity contribution in [2.24, 2.45) is 0 Å². The molecule has 4 nitrogen and oxygen atoms in total. The Morgan fingerprint density at radius 1 is 1.39 bits per heavy atom. The predicted octanol–water partition coefficient (Wildman–Crippen LogP) is 3.79. The summed E-state index contributed by atoms with van der Waals surface area (Å²) in [5.74, 6) is 0.545. The topological polar surface area (TPSA) is 50.4 Å². The van der Waals surface area contributed by atoms with Gasteiger partial charge in [-0.15, -0.1) is 0 Å². The first-order valence-electron chi connectivity index (χ1n) is 7.71. The molecule has 0 saturated heterocycles. The summed E-state index contributed by atoms with van der Waals surface area (Å²) in [4.78, 5) is 12.2. The number of hydrogen-bond donors (Lipinski definition) is 2. The van der Waals surface area contributed by atoms with Crippen molar-refractivity contribution < 1.29 is 9.53 Å². The molecule has 0 radical (unpaired) electrons. The van der Waals surface area contributed by atoms with Crippen LogP contribution in [0.5, 0.6) is 5.75 Å². The average Bonchev–Trinajstić information content (AvgIpc) is 2.55. The third-order valence-corrected chi connectivity index (χ3v) is 4.85. The van der Waals surface area contributed by atoms with Crippen LogP contribution in [0.4, 0.5) is 0 Å². The van der Waals surface area contributed by atoms with E-state index in [1.807, 2.05) is 0 Å². The molecule has 0 unspecified atom stereocenters. The van der Waals surface area contributed by atoms with Crippen molar-refractivity contribution in [1.29, 1.82) is 0 Å². The van der Waals surface area contributed by atoms with Crippen LogP contribution >= 0.6 is 34.8 Å². The SMILES string of the molecule is COc1ccc(C(=O)NC(=S)NCCC2=CCCCC2)cc1I. The number of methoxy groups -OCH3 is 1. The third kappa shape index (κ3) is 5.76. The maximum absolute atomic E-state index is 12.2. The van der Waals surface area contributed by atoms with Gasteiger partial charge in [-0.1, -0.05) is 11.6 Å². The lowest BCUT2D eigenvalue weighted by molar-refractivity contribution is 0.0976. The molecule has 0 heterocycles. The molecular formula is C17H21IN2O2S. The van der Waals surface area contributed by atoms with Gasteiger partial charge in [-0.05, 0) is 85.1 Å². The average molecular weight is 444 g/mol. The minimum absolute atomic E-state index is 0.208. The molecule has 2 rings (SSSR count). The van der Waals surface area contributed by atoms with Crippen LogP contribution in [0.15, 0.2) is 29.8 Å². The maximum Gasteiger partial charge on any atom is 0.257 e. The number of thiocarbonyl (C=S) groups is 1. The lowest BCUT2D eigenvalue weighted by Crippen LogP contribution is -2.39. The van der Waals surface area contributed by atoms with Gasteiger partial charge in [0.2, 0.25) is 0 Å². The fourth-order valence-corrected chi connectivity index (χ4v) is 3.43. The number of halogens is 1. The Balaban J connectivity index is 1.79. The number of carbonyl (C=O) groups excluding carboxylic acids is 1. The van der Waals surface area contributed by atoms with Crippen molar-refractivity contribution in [2.75, 3.05) is 13.7 Å². The zero-order chi connectivity index (χ0) is 16.7. The van der Waals surface area contributed by atoms with E-state index in [2.05, 4.69) is 39.3 Å². The van der Waals surface area contributed by atoms with Crippen molar-refractivity contribution in [3.63, 3.8) is 0 Å². The van der Waals surface area contributed by atoms with Gasteiger partial charge in [0.1, 0.15) is 5.75 Å². The largest absolute Gasteiger partial charge is 0.496 e. The highest BCUT2D eigenvalue weighted by Crippen LogP contribution is 2.21. The standard InChI is InChI=1S/C17H21IN2O2S/c1-22-15-8-7-13(11-14(15)18)16(21)20-17(23)19-10-9-12-5-3-2-4-6-12/h5,7-8,11H,2-4,6,9-10H2,1H3,(H2,19,20,21,23). The Morgan fingerprint density at radius 2 is 2.22 bits per heavy atom. The summed E-state index contributed by atoms with van der Waals surface area (Å²) in [5, 5.41) is 6.19. The van der Waals surface area contributed by atoms with Gasteiger partial charge in [0, 0.05) is 12.1 Å². The predicted molar refractivity (Wildman–Crippen MR) is 105 cm³/mol. The number of benzene rings is 1. The van der Waals surface area contributed by atoms with Crippen LogP contribution in [0.1, 0.15) is 42.5 Å². The van der Waals surface area contributed by atoms with E-state index in [-0.39, 0.29) is 5.91 Å². The zero-order valence-electron chi connectivity index (χ0n) is 13.2. The Hall–Kier alpha value is -1.15. The van der Waals surface area contributed by atoms with Gasteiger partial charge in [-0.3, -0.25) is 10.1 Å². The van der Waals surface area contributed by atoms with Gasteiger partial charge in [0.15, 0.2) is 5.11 Å². The van der Waals surface area contributed by atoms with Crippen LogP contribution in [0.25, 0.3) is 0 Å². The molecule has 1 aromatic carbocycles. The van der Waals surface area contributed by atoms with Gasteiger partial charge in [-0.2, -0.15) is 0 Å². The van der Waals surface area contributed by atoms with Gasteiger partial charge in [0.25, 0.3) is 5.91 Å². The van der Waals surface area contributed by atoms with E-state index in [0.29, 0.717) is 10.7 Å². The molecule has 2 N–H and O–H groups in total. The van der Waals surface area contributed by atoms with Gasteiger partial charge in [-0.25, -0.2) is 0 Å². The number of ether oxygens (including phenoxy) is 1. The molecule has 0 aromatic heterocycles. The van der Waals surface area contributed by atoms with E-state index in [9.17, 15) is 4.79 Å². The summed E-state index contributed by atoms with van der Waals surface area (Å²) in [6, 6.07) is 5.29. The van der Waals surface area contributed by atoms with Crippen LogP contribution in [0.2, 0.25) is 0 Å². The highest BCUT2D eigenvalue weighted by molar-refractivity contribution is 14.1. The van der Waals surface area contributed by atoms with Crippen LogP contribution in [0, 0.1) is 3.57 Å². The normalized spacial score (nSPS) is 13.9. The first kappa shape index (κ1) is 18.2. The quantitative estimate of drug-likeness (QED) is 0.412. The summed E-state index contributed by atoms with van der Waals surface area (Å²) in [6.45, 7) is 0.755. The van der Waals surface area contributed by atoms with E-state index in [4.69, 9.17) is 17.0 Å². The van der Waals surface area contributed by atoms with Gasteiger partial charge < -0.3 is 10.1 Å². The number of hydrogen-bond acceptors (Lipinski definition) is 3. The minimum atomic E-state index is -0.208. The number of allylic oxidation sites excluding steroid dienone is 1. The summed E-state index contributed by atoms with van der Waals surface area (Å²) in [6.07, 6.45) is 8.26. The van der Waals surface area contributed by atoms with Crippen LogP contribution in [0.3, 0.4) is 0 Å². The van der Waals surface area contributed by atoms with E-state index in [1.165, 1.54) is 31.3 Å². The fourth-order valence-electron chi connectivity index (χ4n) is 2.50. The molecule has 6 heteroatoms. The molecule has 1 aromatic rings. The highest BCUT2D eigenvalue weighted by Gasteiger charge is 2.10. The Bertz CT molecular complexity index is 617. The molecule has 0 aliphatic heterocycles. The Morgan fingerprint density at radius 3 is 2.87 bits per heavy atom. The molecule has 0 atom stereocenters. The van der Waals surface area contributed by atoms with Gasteiger partial charge >= 0.3 is 0 Å². The molecule has 1 aliphatic carbocycles. The van der Waals surface area contributed by atoms with E-state index >= 15 is 0 Å². The fraction of sp³-hybridized carbons (Fsp3) is 0.412. The summed E-state index contributed by atoms with van der Waals surface area (Å²) in [7, 11) is 1.61. The second-order valence-corrected chi connectivity index (χ2v) is 6.99. The third-order valence-electron chi connectivity index (χ3n) is 3.76. The molecule has 0 fully saturated rings. The van der Waals surface area contributed by atoms with Crippen molar-refractivity contribution >= 4 is 45.8 Å². The molecule has 1 amide bonds. The van der Waals surface area contributed by atoms with Crippen LogP contribution < -0.4 is 15.4 Å². The molecular weight excluding hydrogens is 423 g/mol. The maximum atomic E-state index is 12.2. The smallest absolute Gasteiger partial charge is 0.257 e. The molecule has 0 bridgehead atoms. The highest BCUT2D eigenvalue weighted by atomic mass is 127. The molecule has 0 saturated carbocycles. The number of amides is 1. The van der Waals surface area contributed by atoms with Crippen LogP contribution in [-0.2, 0) is 0 Å². The summed E-state index contributed by atoms with van der Waals surface area (Å²) in [5.41, 5.74) is 2.05. The summed E-state index contributed by atoms with van der Waals surface area (Å²) >= 11 is 7.33. The Labute approximate surface area is 156 Å². The van der Waals surface area contributed by atoms with E-state index in [1.54, 1.807) is 25.3 Å². The number of carbonyl (C=O) groups is 1. The first-order valence-corrected chi connectivity index (χ1v) is 9.19. The second kappa shape index (κ2) is 9.22. The van der Waals surface area contributed by atoms with Crippen molar-refractivity contribution in [3.8, 4) is 5.75 Å².